The van der Waals surface area contributed by atoms with E-state index < -0.39 is 17.8 Å². The number of aliphatic hydroxyl groups excluding tert-OH is 1. The topological polar surface area (TPSA) is 20.2 Å². The van der Waals surface area contributed by atoms with Crippen molar-refractivity contribution in [2.24, 2.45) is 0 Å². The lowest BCUT2D eigenvalue weighted by atomic mass is 10.1. The Morgan fingerprint density at radius 1 is 1.25 bits per heavy atom. The van der Waals surface area contributed by atoms with E-state index in [2.05, 4.69) is 0 Å². The first-order valence-corrected chi connectivity index (χ1v) is 6.18. The van der Waals surface area contributed by atoms with Crippen LogP contribution in [-0.2, 0) is 6.18 Å². The number of hydrogen-bond donors (Lipinski definition) is 1. The smallest absolute Gasteiger partial charge is 0.388 e. The number of alkyl halides is 3. The van der Waals surface area contributed by atoms with Crippen molar-refractivity contribution in [1.29, 1.82) is 0 Å². The fraction of sp³-hybridized carbons (Fsp3) is 0.455. The monoisotopic (exact) mass is 250 g/mol. The van der Waals surface area contributed by atoms with E-state index in [-0.39, 0.29) is 0 Å². The molecule has 0 aromatic heterocycles. The van der Waals surface area contributed by atoms with Gasteiger partial charge in [-0.1, -0.05) is 12.1 Å². The van der Waals surface area contributed by atoms with E-state index >= 15 is 0 Å². The summed E-state index contributed by atoms with van der Waals surface area (Å²) in [6, 6.07) is 4.65. The highest BCUT2D eigenvalue weighted by molar-refractivity contribution is 7.98. The molecule has 0 aliphatic rings. The highest BCUT2D eigenvalue weighted by atomic mass is 32.2. The van der Waals surface area contributed by atoms with Gasteiger partial charge < -0.3 is 5.11 Å². The molecule has 90 valence electrons. The number of halogens is 3. The second-order valence-corrected chi connectivity index (χ2v) is 4.40. The number of thioether (sulfide) groups is 1. The van der Waals surface area contributed by atoms with Crippen molar-refractivity contribution in [2.75, 3.05) is 12.0 Å². The second kappa shape index (κ2) is 5.59. The zero-order valence-corrected chi connectivity index (χ0v) is 9.61. The van der Waals surface area contributed by atoms with Crippen LogP contribution in [0.1, 0.15) is 23.7 Å². The van der Waals surface area contributed by atoms with E-state index in [1.807, 2.05) is 6.26 Å². The maximum absolute atomic E-state index is 12.3. The van der Waals surface area contributed by atoms with Gasteiger partial charge in [-0.05, 0) is 36.1 Å². The van der Waals surface area contributed by atoms with Gasteiger partial charge in [0.05, 0.1) is 11.7 Å². The lowest BCUT2D eigenvalue weighted by molar-refractivity contribution is -0.137. The molecule has 1 N–H and O–H groups in total. The maximum Gasteiger partial charge on any atom is 0.416 e. The molecule has 0 heterocycles. The summed E-state index contributed by atoms with van der Waals surface area (Å²) in [7, 11) is 0. The molecular weight excluding hydrogens is 237 g/mol. The van der Waals surface area contributed by atoms with Gasteiger partial charge in [-0.25, -0.2) is 0 Å². The van der Waals surface area contributed by atoms with Crippen LogP contribution in [0.4, 0.5) is 13.2 Å². The minimum absolute atomic E-state index is 0.530. The molecule has 1 nitrogen and oxygen atoms in total. The molecule has 0 saturated carbocycles. The van der Waals surface area contributed by atoms with Crippen molar-refractivity contribution < 1.29 is 18.3 Å². The van der Waals surface area contributed by atoms with Gasteiger partial charge in [0, 0.05) is 0 Å². The van der Waals surface area contributed by atoms with Crippen LogP contribution in [0.25, 0.3) is 0 Å². The number of aliphatic hydroxyl groups is 1. The van der Waals surface area contributed by atoms with Crippen molar-refractivity contribution in [2.45, 2.75) is 18.7 Å². The van der Waals surface area contributed by atoms with Crippen molar-refractivity contribution in [1.82, 2.24) is 0 Å². The quantitative estimate of drug-likeness (QED) is 0.882. The maximum atomic E-state index is 12.3. The normalized spacial score (nSPS) is 13.8. The van der Waals surface area contributed by atoms with Crippen LogP contribution in [0, 0.1) is 0 Å². The summed E-state index contributed by atoms with van der Waals surface area (Å²) in [5.41, 5.74) is -0.157. The van der Waals surface area contributed by atoms with Crippen molar-refractivity contribution in [3.05, 3.63) is 35.4 Å². The zero-order valence-electron chi connectivity index (χ0n) is 8.79. The molecule has 0 amide bonds. The molecule has 1 unspecified atom stereocenters. The Labute approximate surface area is 96.7 Å². The van der Waals surface area contributed by atoms with Crippen LogP contribution >= 0.6 is 11.8 Å². The van der Waals surface area contributed by atoms with Gasteiger partial charge in [-0.3, -0.25) is 0 Å². The average molecular weight is 250 g/mol. The molecule has 0 saturated heterocycles. The Morgan fingerprint density at radius 3 is 2.25 bits per heavy atom. The number of benzene rings is 1. The highest BCUT2D eigenvalue weighted by Gasteiger charge is 2.30. The standard InChI is InChI=1S/C11H13F3OS/c1-16-7-6-10(15)8-2-4-9(5-3-8)11(12,13)14/h2-5,10,15H,6-7H2,1H3. The lowest BCUT2D eigenvalue weighted by Gasteiger charge is -2.12. The fourth-order valence-electron chi connectivity index (χ4n) is 1.29. The summed E-state index contributed by atoms with van der Waals surface area (Å²) < 4.78 is 36.8. The SMILES string of the molecule is CSCCC(O)c1ccc(C(F)(F)F)cc1. The molecule has 1 aromatic rings. The molecule has 5 heteroatoms. The predicted octanol–water partition coefficient (Wildman–Crippen LogP) is 3.49. The molecule has 16 heavy (non-hydrogen) atoms. The zero-order chi connectivity index (χ0) is 12.2. The van der Waals surface area contributed by atoms with Crippen LogP contribution in [0.5, 0.6) is 0 Å². The van der Waals surface area contributed by atoms with Gasteiger partial charge in [0.25, 0.3) is 0 Å². The first kappa shape index (κ1) is 13.4. The summed E-state index contributed by atoms with van der Waals surface area (Å²) in [5.74, 6) is 0.780. The molecule has 1 rings (SSSR count). The van der Waals surface area contributed by atoms with Crippen LogP contribution in [0.2, 0.25) is 0 Å². The largest absolute Gasteiger partial charge is 0.416 e. The molecule has 1 atom stereocenters. The predicted molar refractivity (Wildman–Crippen MR) is 59.4 cm³/mol. The van der Waals surface area contributed by atoms with E-state index in [0.717, 1.165) is 17.9 Å². The molecule has 0 radical (unpaired) electrons. The van der Waals surface area contributed by atoms with Crippen molar-refractivity contribution in [3.63, 3.8) is 0 Å². The average Bonchev–Trinajstić information content (AvgIpc) is 2.25. The number of rotatable bonds is 4. The molecule has 0 spiro atoms. The molecule has 0 bridgehead atoms. The van der Waals surface area contributed by atoms with E-state index in [0.29, 0.717) is 12.0 Å². The Kier molecular flexibility index (Phi) is 4.68. The molecule has 0 aliphatic heterocycles. The van der Waals surface area contributed by atoms with Crippen LogP contribution in [0.15, 0.2) is 24.3 Å². The molecule has 0 fully saturated rings. The van der Waals surface area contributed by atoms with E-state index in [1.165, 1.54) is 12.1 Å². The van der Waals surface area contributed by atoms with Crippen LogP contribution in [0.3, 0.4) is 0 Å². The van der Waals surface area contributed by atoms with E-state index in [9.17, 15) is 18.3 Å². The first-order chi connectivity index (χ1) is 7.45. The molecular formula is C11H13F3OS. The van der Waals surface area contributed by atoms with Gasteiger partial charge in [-0.2, -0.15) is 24.9 Å². The summed E-state index contributed by atoms with van der Waals surface area (Å²) in [6.07, 6.45) is -2.54. The number of hydrogen-bond acceptors (Lipinski definition) is 2. The summed E-state index contributed by atoms with van der Waals surface area (Å²) >= 11 is 1.59. The molecule has 1 aromatic carbocycles. The Bertz CT molecular complexity index is 321. The third-order valence-corrected chi connectivity index (χ3v) is 2.86. The van der Waals surface area contributed by atoms with Crippen LogP contribution < -0.4 is 0 Å². The summed E-state index contributed by atoms with van der Waals surface area (Å²) in [5, 5.41) is 9.65. The van der Waals surface area contributed by atoms with Gasteiger partial charge in [-0.15, -0.1) is 0 Å². The summed E-state index contributed by atoms with van der Waals surface area (Å²) in [6.45, 7) is 0. The fourth-order valence-corrected chi connectivity index (χ4v) is 1.75. The van der Waals surface area contributed by atoms with Gasteiger partial charge in [0.2, 0.25) is 0 Å². The van der Waals surface area contributed by atoms with Gasteiger partial charge in [0.15, 0.2) is 0 Å². The van der Waals surface area contributed by atoms with Crippen molar-refractivity contribution in [3.8, 4) is 0 Å². The molecule has 0 aliphatic carbocycles. The van der Waals surface area contributed by atoms with E-state index in [1.54, 1.807) is 11.8 Å². The highest BCUT2D eigenvalue weighted by Crippen LogP contribution is 2.30. The minimum Gasteiger partial charge on any atom is -0.388 e. The van der Waals surface area contributed by atoms with Gasteiger partial charge >= 0.3 is 6.18 Å². The van der Waals surface area contributed by atoms with E-state index in [4.69, 9.17) is 0 Å². The first-order valence-electron chi connectivity index (χ1n) is 4.79. The second-order valence-electron chi connectivity index (χ2n) is 3.42. The van der Waals surface area contributed by atoms with Gasteiger partial charge in [0.1, 0.15) is 0 Å². The van der Waals surface area contributed by atoms with Crippen LogP contribution in [-0.4, -0.2) is 17.1 Å². The Morgan fingerprint density at radius 2 is 1.81 bits per heavy atom. The van der Waals surface area contributed by atoms with Crippen molar-refractivity contribution >= 4 is 11.8 Å². The third kappa shape index (κ3) is 3.72. The Hall–Kier alpha value is -0.680. The minimum atomic E-state index is -4.32. The lowest BCUT2D eigenvalue weighted by Crippen LogP contribution is -2.05. The Balaban J connectivity index is 2.71. The third-order valence-electron chi connectivity index (χ3n) is 2.22. The summed E-state index contributed by atoms with van der Waals surface area (Å²) in [4.78, 5) is 0.